The number of amides is 1. The van der Waals surface area contributed by atoms with Crippen LogP contribution < -0.4 is 9.64 Å². The summed E-state index contributed by atoms with van der Waals surface area (Å²) >= 11 is 0. The van der Waals surface area contributed by atoms with Crippen molar-refractivity contribution in [2.45, 2.75) is 17.9 Å². The van der Waals surface area contributed by atoms with E-state index in [1.54, 1.807) is 30.2 Å². The van der Waals surface area contributed by atoms with Gasteiger partial charge in [-0.2, -0.15) is 0 Å². The molecule has 0 unspecified atom stereocenters. The van der Waals surface area contributed by atoms with E-state index in [-0.39, 0.29) is 24.2 Å². The van der Waals surface area contributed by atoms with Crippen molar-refractivity contribution in [1.82, 2.24) is 0 Å². The van der Waals surface area contributed by atoms with Gasteiger partial charge in [0.2, 0.25) is 5.60 Å². The molecule has 0 N–H and O–H groups in total. The third-order valence-electron chi connectivity index (χ3n) is 5.11. The normalized spacial score (nSPS) is 23.9. The summed E-state index contributed by atoms with van der Waals surface area (Å²) in [7, 11) is 1.57. The number of carbonyl (C=O) groups excluding carboxylic acids is 2. The van der Waals surface area contributed by atoms with Crippen LogP contribution in [0, 0.1) is 0 Å². The summed E-state index contributed by atoms with van der Waals surface area (Å²) in [5.74, 6) is -0.378. The van der Waals surface area contributed by atoms with Crippen molar-refractivity contribution in [3.63, 3.8) is 0 Å². The van der Waals surface area contributed by atoms with Crippen molar-refractivity contribution in [1.29, 1.82) is 0 Å². The summed E-state index contributed by atoms with van der Waals surface area (Å²) in [6.07, 6.45) is 1.83. The predicted octanol–water partition coefficient (Wildman–Crippen LogP) is 3.15. The van der Waals surface area contributed by atoms with Crippen molar-refractivity contribution in [3.8, 4) is 5.75 Å². The zero-order valence-electron chi connectivity index (χ0n) is 14.5. The van der Waals surface area contributed by atoms with Gasteiger partial charge >= 0.3 is 5.97 Å². The van der Waals surface area contributed by atoms with Crippen molar-refractivity contribution in [2.75, 3.05) is 18.6 Å². The number of esters is 1. The maximum absolute atomic E-state index is 13.5. The van der Waals surface area contributed by atoms with Gasteiger partial charge in [-0.25, -0.2) is 0 Å². The second kappa shape index (κ2) is 6.02. The molecule has 0 aliphatic carbocycles. The lowest BCUT2D eigenvalue weighted by atomic mass is 9.78. The number of methoxy groups -OCH3 is 1. The van der Waals surface area contributed by atoms with E-state index in [1.165, 1.54) is 0 Å². The van der Waals surface area contributed by atoms with Gasteiger partial charge in [0.15, 0.2) is 0 Å². The van der Waals surface area contributed by atoms with Gasteiger partial charge in [0.05, 0.1) is 19.2 Å². The molecule has 2 aliphatic rings. The molecule has 0 bridgehead atoms. The molecule has 1 spiro atoms. The van der Waals surface area contributed by atoms with E-state index in [0.717, 1.165) is 11.3 Å². The largest absolute Gasteiger partial charge is 0.497 e. The highest BCUT2D eigenvalue weighted by Gasteiger charge is 2.63. The fourth-order valence-corrected chi connectivity index (χ4v) is 3.99. The Morgan fingerprint density at radius 3 is 2.73 bits per heavy atom. The van der Waals surface area contributed by atoms with Crippen molar-refractivity contribution >= 4 is 17.6 Å². The lowest BCUT2D eigenvalue weighted by Gasteiger charge is -2.28. The van der Waals surface area contributed by atoms with Crippen molar-refractivity contribution < 1.29 is 19.1 Å². The summed E-state index contributed by atoms with van der Waals surface area (Å²) in [6.45, 7) is 4.09. The third-order valence-corrected chi connectivity index (χ3v) is 5.11. The van der Waals surface area contributed by atoms with E-state index in [9.17, 15) is 9.59 Å². The van der Waals surface area contributed by atoms with Crippen LogP contribution in [-0.4, -0.2) is 25.5 Å². The molecule has 2 heterocycles. The zero-order valence-corrected chi connectivity index (χ0v) is 14.5. The summed E-state index contributed by atoms with van der Waals surface area (Å²) < 4.78 is 11.1. The minimum absolute atomic E-state index is 0.161. The summed E-state index contributed by atoms with van der Waals surface area (Å²) in [6, 6.07) is 15.0. The number of ether oxygens (including phenoxy) is 2. The fraction of sp³-hybridized carbons (Fsp3) is 0.238. The Balaban J connectivity index is 1.95. The Morgan fingerprint density at radius 1 is 1.27 bits per heavy atom. The van der Waals surface area contributed by atoms with Crippen LogP contribution in [0.25, 0.3) is 0 Å². The fourth-order valence-electron chi connectivity index (χ4n) is 3.99. The van der Waals surface area contributed by atoms with E-state index in [0.29, 0.717) is 17.9 Å². The highest BCUT2D eigenvalue weighted by molar-refractivity contribution is 6.10. The van der Waals surface area contributed by atoms with Gasteiger partial charge in [0.25, 0.3) is 5.91 Å². The standard InChI is InChI=1S/C21H19NO4/c1-3-11-22-18-10-9-15(25-2)12-17(18)21(20(22)24)16(13-19(23)26-21)14-7-5-4-6-8-14/h3-10,12,16H,1,11,13H2,2H3/t16-,21+/m1/s1. The molecule has 5 nitrogen and oxygen atoms in total. The second-order valence-electron chi connectivity index (χ2n) is 6.46. The van der Waals surface area contributed by atoms with Gasteiger partial charge in [0, 0.05) is 18.0 Å². The van der Waals surface area contributed by atoms with Crippen LogP contribution >= 0.6 is 0 Å². The number of carbonyl (C=O) groups is 2. The maximum atomic E-state index is 13.5. The first-order chi connectivity index (χ1) is 12.6. The van der Waals surface area contributed by atoms with Crippen LogP contribution in [0.3, 0.4) is 0 Å². The van der Waals surface area contributed by atoms with Crippen LogP contribution in [0.5, 0.6) is 5.75 Å². The Morgan fingerprint density at radius 2 is 2.04 bits per heavy atom. The predicted molar refractivity (Wildman–Crippen MR) is 97.1 cm³/mol. The Labute approximate surface area is 151 Å². The van der Waals surface area contributed by atoms with Gasteiger partial charge in [-0.3, -0.25) is 9.59 Å². The summed E-state index contributed by atoms with van der Waals surface area (Å²) in [4.78, 5) is 27.4. The van der Waals surface area contributed by atoms with Gasteiger partial charge in [0.1, 0.15) is 5.75 Å². The number of nitrogens with zero attached hydrogens (tertiary/aromatic N) is 1. The van der Waals surface area contributed by atoms with E-state index < -0.39 is 5.60 Å². The molecule has 2 aromatic carbocycles. The molecule has 132 valence electrons. The first-order valence-corrected chi connectivity index (χ1v) is 8.50. The van der Waals surface area contributed by atoms with E-state index in [4.69, 9.17) is 9.47 Å². The van der Waals surface area contributed by atoms with Crippen molar-refractivity contribution in [2.24, 2.45) is 0 Å². The lowest BCUT2D eigenvalue weighted by molar-refractivity contribution is -0.157. The monoisotopic (exact) mass is 349 g/mol. The molecule has 1 fully saturated rings. The molecule has 2 aromatic rings. The first-order valence-electron chi connectivity index (χ1n) is 8.50. The Hall–Kier alpha value is -3.08. The molecule has 1 saturated heterocycles. The average molecular weight is 349 g/mol. The number of hydrogen-bond acceptors (Lipinski definition) is 4. The topological polar surface area (TPSA) is 55.8 Å². The van der Waals surface area contributed by atoms with E-state index in [1.807, 2.05) is 36.4 Å². The van der Waals surface area contributed by atoms with Gasteiger partial charge in [-0.05, 0) is 23.8 Å². The average Bonchev–Trinajstić information content (AvgIpc) is 3.13. The number of rotatable bonds is 4. The molecule has 26 heavy (non-hydrogen) atoms. The highest BCUT2D eigenvalue weighted by atomic mass is 16.6. The molecule has 2 atom stereocenters. The van der Waals surface area contributed by atoms with Crippen LogP contribution in [0.4, 0.5) is 5.69 Å². The second-order valence-corrected chi connectivity index (χ2v) is 6.46. The molecule has 0 radical (unpaired) electrons. The number of hydrogen-bond donors (Lipinski definition) is 0. The number of anilines is 1. The van der Waals surface area contributed by atoms with Gasteiger partial charge in [-0.15, -0.1) is 6.58 Å². The van der Waals surface area contributed by atoms with Crippen LogP contribution in [0.2, 0.25) is 0 Å². The lowest BCUT2D eigenvalue weighted by Crippen LogP contribution is -2.43. The summed E-state index contributed by atoms with van der Waals surface area (Å²) in [5.41, 5.74) is 0.946. The minimum atomic E-state index is -1.36. The Kier molecular flexibility index (Phi) is 3.80. The molecule has 2 aliphatic heterocycles. The van der Waals surface area contributed by atoms with Gasteiger partial charge in [-0.1, -0.05) is 36.4 Å². The first kappa shape index (κ1) is 16.4. The molecule has 0 aromatic heterocycles. The smallest absolute Gasteiger partial charge is 0.308 e. The third kappa shape index (κ3) is 2.17. The molecule has 4 rings (SSSR count). The maximum Gasteiger partial charge on any atom is 0.308 e. The molecular weight excluding hydrogens is 330 g/mol. The molecule has 5 heteroatoms. The molecular formula is C21H19NO4. The van der Waals surface area contributed by atoms with Crippen LogP contribution in [-0.2, 0) is 19.9 Å². The zero-order chi connectivity index (χ0) is 18.3. The number of fused-ring (bicyclic) bond motifs is 2. The quantitative estimate of drug-likeness (QED) is 0.628. The van der Waals surface area contributed by atoms with Crippen molar-refractivity contribution in [3.05, 3.63) is 72.3 Å². The van der Waals surface area contributed by atoms with E-state index >= 15 is 0 Å². The van der Waals surface area contributed by atoms with Crippen LogP contribution in [0.15, 0.2) is 61.2 Å². The minimum Gasteiger partial charge on any atom is -0.497 e. The highest BCUT2D eigenvalue weighted by Crippen LogP contribution is 2.56. The molecule has 1 amide bonds. The Bertz CT molecular complexity index is 892. The van der Waals surface area contributed by atoms with Gasteiger partial charge < -0.3 is 14.4 Å². The van der Waals surface area contributed by atoms with Crippen LogP contribution in [0.1, 0.15) is 23.5 Å². The summed E-state index contributed by atoms with van der Waals surface area (Å²) in [5, 5.41) is 0. The number of benzene rings is 2. The SMILES string of the molecule is C=CCN1C(=O)[C@@]2(OC(=O)C[C@@H]2c2ccccc2)c2cc(OC)ccc21. The molecule has 0 saturated carbocycles. The van der Waals surface area contributed by atoms with E-state index in [2.05, 4.69) is 6.58 Å².